The molecule has 0 N–H and O–H groups in total. The summed E-state index contributed by atoms with van der Waals surface area (Å²) in [6, 6.07) is 0. The number of Topliss-reactive ketones (excluding diaryl/α,β-unsaturated/α-hetero) is 2. The van der Waals surface area contributed by atoms with Gasteiger partial charge < -0.3 is 14.2 Å². The molecule has 2 aliphatic rings. The summed E-state index contributed by atoms with van der Waals surface area (Å²) < 4.78 is 15.8. The summed E-state index contributed by atoms with van der Waals surface area (Å²) in [5.74, 6) is -2.38. The molecule has 7 heteroatoms. The van der Waals surface area contributed by atoms with Crippen molar-refractivity contribution in [1.29, 1.82) is 0 Å². The smallest absolute Gasteiger partial charge is 0.316 e. The van der Waals surface area contributed by atoms with Gasteiger partial charge in [-0.3, -0.25) is 19.2 Å². The molecule has 164 valence electrons. The summed E-state index contributed by atoms with van der Waals surface area (Å²) in [5.41, 5.74) is 0. The van der Waals surface area contributed by atoms with Crippen LogP contribution in [0.2, 0.25) is 0 Å². The SMILES string of the molecule is CC(=O)C(C(=O)OCCOCCOC(=O)C(C(C)=O)C1CCCC1)C1CCCC1. The van der Waals surface area contributed by atoms with Crippen LogP contribution in [0.4, 0.5) is 0 Å². The van der Waals surface area contributed by atoms with E-state index < -0.39 is 23.8 Å². The number of hydrogen-bond acceptors (Lipinski definition) is 7. The van der Waals surface area contributed by atoms with Crippen molar-refractivity contribution < 1.29 is 33.4 Å². The molecule has 0 radical (unpaired) electrons. The van der Waals surface area contributed by atoms with Gasteiger partial charge >= 0.3 is 11.9 Å². The average Bonchev–Trinajstić information content (AvgIpc) is 3.35. The fourth-order valence-electron chi connectivity index (χ4n) is 4.65. The lowest BCUT2D eigenvalue weighted by molar-refractivity contribution is -0.155. The molecule has 2 rings (SSSR count). The number of ether oxygens (including phenoxy) is 3. The quantitative estimate of drug-likeness (QED) is 0.277. The maximum atomic E-state index is 12.2. The molecule has 0 bridgehead atoms. The van der Waals surface area contributed by atoms with Gasteiger partial charge in [0.15, 0.2) is 0 Å². The van der Waals surface area contributed by atoms with Gasteiger partial charge in [-0.25, -0.2) is 0 Å². The lowest BCUT2D eigenvalue weighted by Crippen LogP contribution is -2.31. The van der Waals surface area contributed by atoms with Crippen molar-refractivity contribution in [1.82, 2.24) is 0 Å². The largest absolute Gasteiger partial charge is 0.463 e. The van der Waals surface area contributed by atoms with Crippen molar-refractivity contribution >= 4 is 23.5 Å². The molecule has 2 saturated carbocycles. The highest BCUT2D eigenvalue weighted by molar-refractivity contribution is 5.98. The lowest BCUT2D eigenvalue weighted by Gasteiger charge is -2.19. The first kappa shape index (κ1) is 23.5. The summed E-state index contributed by atoms with van der Waals surface area (Å²) in [6.45, 7) is 3.32. The Morgan fingerprint density at radius 2 is 1.00 bits per heavy atom. The topological polar surface area (TPSA) is 96.0 Å². The van der Waals surface area contributed by atoms with Crippen molar-refractivity contribution in [3.63, 3.8) is 0 Å². The molecule has 2 atom stereocenters. The van der Waals surface area contributed by atoms with E-state index in [0.29, 0.717) is 0 Å². The zero-order valence-corrected chi connectivity index (χ0v) is 17.7. The van der Waals surface area contributed by atoms with Gasteiger partial charge in [-0.05, 0) is 51.4 Å². The van der Waals surface area contributed by atoms with Gasteiger partial charge in [0.25, 0.3) is 0 Å². The van der Waals surface area contributed by atoms with Crippen LogP contribution in [-0.4, -0.2) is 49.9 Å². The molecule has 0 aliphatic heterocycles. The molecule has 7 nitrogen and oxygen atoms in total. The Balaban J connectivity index is 1.60. The van der Waals surface area contributed by atoms with Crippen LogP contribution in [0.3, 0.4) is 0 Å². The molecule has 29 heavy (non-hydrogen) atoms. The highest BCUT2D eigenvalue weighted by Gasteiger charge is 2.36. The molecule has 2 aliphatic carbocycles. The predicted molar refractivity (Wildman–Crippen MR) is 105 cm³/mol. The molecule has 0 aromatic heterocycles. The van der Waals surface area contributed by atoms with Crippen molar-refractivity contribution in [3.05, 3.63) is 0 Å². The molecule has 0 amide bonds. The minimum Gasteiger partial charge on any atom is -0.463 e. The first-order valence-corrected chi connectivity index (χ1v) is 10.8. The van der Waals surface area contributed by atoms with Crippen LogP contribution < -0.4 is 0 Å². The third kappa shape index (κ3) is 7.21. The number of ketones is 2. The maximum Gasteiger partial charge on any atom is 0.316 e. The maximum absolute atomic E-state index is 12.2. The van der Waals surface area contributed by atoms with E-state index in [1.165, 1.54) is 13.8 Å². The Bertz CT molecular complexity index is 524. The molecule has 0 spiro atoms. The van der Waals surface area contributed by atoms with E-state index >= 15 is 0 Å². The van der Waals surface area contributed by atoms with Gasteiger partial charge in [-0.1, -0.05) is 25.7 Å². The highest BCUT2D eigenvalue weighted by Crippen LogP contribution is 2.33. The first-order chi connectivity index (χ1) is 13.9. The van der Waals surface area contributed by atoms with Crippen molar-refractivity contribution in [2.24, 2.45) is 23.7 Å². The van der Waals surface area contributed by atoms with Gasteiger partial charge in [0.05, 0.1) is 13.2 Å². The monoisotopic (exact) mass is 410 g/mol. The van der Waals surface area contributed by atoms with E-state index in [-0.39, 0.29) is 49.8 Å². The summed E-state index contributed by atoms with van der Waals surface area (Å²) >= 11 is 0. The Labute approximate surface area is 172 Å². The van der Waals surface area contributed by atoms with E-state index in [0.717, 1.165) is 51.4 Å². The minimum atomic E-state index is -0.669. The summed E-state index contributed by atoms with van der Waals surface area (Å²) in [7, 11) is 0. The normalized spacial score (nSPS) is 19.7. The molecular formula is C22H34O7. The zero-order valence-electron chi connectivity index (χ0n) is 17.7. The number of esters is 2. The fraction of sp³-hybridized carbons (Fsp3) is 0.818. The van der Waals surface area contributed by atoms with Crippen LogP contribution in [0, 0.1) is 23.7 Å². The van der Waals surface area contributed by atoms with Gasteiger partial charge in [0.2, 0.25) is 0 Å². The van der Waals surface area contributed by atoms with Crippen LogP contribution in [-0.2, 0) is 33.4 Å². The van der Waals surface area contributed by atoms with Gasteiger partial charge in [-0.15, -0.1) is 0 Å². The summed E-state index contributed by atoms with van der Waals surface area (Å²) in [5, 5.41) is 0. The fourth-order valence-corrected chi connectivity index (χ4v) is 4.65. The van der Waals surface area contributed by atoms with Gasteiger partial charge in [0, 0.05) is 0 Å². The number of carbonyl (C=O) groups is 4. The van der Waals surface area contributed by atoms with E-state index in [9.17, 15) is 19.2 Å². The van der Waals surface area contributed by atoms with E-state index in [1.807, 2.05) is 0 Å². The number of carbonyl (C=O) groups excluding carboxylic acids is 4. The van der Waals surface area contributed by atoms with Crippen molar-refractivity contribution in [3.8, 4) is 0 Å². The second-order valence-electron chi connectivity index (χ2n) is 8.21. The standard InChI is InChI=1S/C22H34O7/c1-15(23)19(17-7-3-4-8-17)21(25)28-13-11-27-12-14-29-22(26)20(16(2)24)18-9-5-6-10-18/h17-20H,3-14H2,1-2H3. The van der Waals surface area contributed by atoms with E-state index in [1.54, 1.807) is 0 Å². The zero-order chi connectivity index (χ0) is 21.2. The summed E-state index contributed by atoms with van der Waals surface area (Å²) in [6.07, 6.45) is 7.77. The van der Waals surface area contributed by atoms with Crippen LogP contribution >= 0.6 is 0 Å². The second-order valence-corrected chi connectivity index (χ2v) is 8.21. The molecule has 2 fully saturated rings. The van der Waals surface area contributed by atoms with Crippen LogP contribution in [0.5, 0.6) is 0 Å². The summed E-state index contributed by atoms with van der Waals surface area (Å²) in [4.78, 5) is 48.0. The third-order valence-corrected chi connectivity index (χ3v) is 6.07. The highest BCUT2D eigenvalue weighted by atomic mass is 16.6. The Kier molecular flexibility index (Phi) is 9.78. The first-order valence-electron chi connectivity index (χ1n) is 10.8. The molecule has 2 unspecified atom stereocenters. The average molecular weight is 411 g/mol. The van der Waals surface area contributed by atoms with Crippen LogP contribution in [0.1, 0.15) is 65.2 Å². The van der Waals surface area contributed by atoms with E-state index in [2.05, 4.69) is 0 Å². The van der Waals surface area contributed by atoms with Crippen LogP contribution in [0.25, 0.3) is 0 Å². The second kappa shape index (κ2) is 12.1. The molecule has 0 heterocycles. The Morgan fingerprint density at radius 3 is 1.31 bits per heavy atom. The van der Waals surface area contributed by atoms with Crippen molar-refractivity contribution in [2.75, 3.05) is 26.4 Å². The Morgan fingerprint density at radius 1 is 0.655 bits per heavy atom. The molecule has 0 saturated heterocycles. The molecular weight excluding hydrogens is 376 g/mol. The Hall–Kier alpha value is -1.76. The molecule has 0 aromatic rings. The number of rotatable bonds is 12. The minimum absolute atomic E-state index is 0.0570. The number of hydrogen-bond donors (Lipinski definition) is 0. The van der Waals surface area contributed by atoms with E-state index in [4.69, 9.17) is 14.2 Å². The third-order valence-electron chi connectivity index (χ3n) is 6.07. The van der Waals surface area contributed by atoms with Gasteiger partial charge in [0.1, 0.15) is 36.6 Å². The molecule has 0 aromatic carbocycles. The van der Waals surface area contributed by atoms with Crippen molar-refractivity contribution in [2.45, 2.75) is 65.2 Å². The van der Waals surface area contributed by atoms with Gasteiger partial charge in [-0.2, -0.15) is 0 Å². The lowest BCUT2D eigenvalue weighted by atomic mass is 9.88. The predicted octanol–water partition coefficient (Wildman–Crippen LogP) is 2.88. The van der Waals surface area contributed by atoms with Crippen LogP contribution in [0.15, 0.2) is 0 Å².